The molecule has 0 bridgehead atoms. The molecule has 1 aromatic carbocycles. The maximum absolute atomic E-state index is 5.99. The molecule has 94 valence electrons. The van der Waals surface area contributed by atoms with Gasteiger partial charge in [-0.2, -0.15) is 4.98 Å². The van der Waals surface area contributed by atoms with Gasteiger partial charge in [-0.05, 0) is 30.2 Å². The number of benzene rings is 1. The topological polar surface area (TPSA) is 77.8 Å². The number of aryl methyl sites for hydroxylation is 1. The van der Waals surface area contributed by atoms with Crippen LogP contribution in [-0.2, 0) is 6.42 Å². The van der Waals surface area contributed by atoms with E-state index in [-0.39, 0.29) is 5.95 Å². The highest BCUT2D eigenvalue weighted by molar-refractivity contribution is 6.35. The number of hydrogen-bond donors (Lipinski definition) is 2. The van der Waals surface area contributed by atoms with Gasteiger partial charge in [0.05, 0.1) is 5.69 Å². The van der Waals surface area contributed by atoms with Gasteiger partial charge in [0.25, 0.3) is 0 Å². The summed E-state index contributed by atoms with van der Waals surface area (Å²) in [4.78, 5) is 8.16. The molecule has 0 spiro atoms. The summed E-state index contributed by atoms with van der Waals surface area (Å²) in [6.45, 7) is 1.97. The SMILES string of the molecule is CCc1nc(N)nc(N)c1-c1cc(Cl)cc(Cl)c1. The molecule has 0 aliphatic carbocycles. The predicted molar refractivity (Wildman–Crippen MR) is 75.7 cm³/mol. The summed E-state index contributed by atoms with van der Waals surface area (Å²) >= 11 is 12.0. The maximum atomic E-state index is 5.99. The van der Waals surface area contributed by atoms with Crippen LogP contribution in [0.4, 0.5) is 11.8 Å². The Morgan fingerprint density at radius 1 is 1.06 bits per heavy atom. The lowest BCUT2D eigenvalue weighted by molar-refractivity contribution is 1.02. The van der Waals surface area contributed by atoms with E-state index >= 15 is 0 Å². The Morgan fingerprint density at radius 3 is 2.22 bits per heavy atom. The minimum Gasteiger partial charge on any atom is -0.383 e. The van der Waals surface area contributed by atoms with Crippen molar-refractivity contribution in [2.75, 3.05) is 11.5 Å². The lowest BCUT2D eigenvalue weighted by atomic mass is 10.0. The summed E-state index contributed by atoms with van der Waals surface area (Å²) in [6.07, 6.45) is 0.691. The van der Waals surface area contributed by atoms with Gasteiger partial charge in [-0.1, -0.05) is 30.1 Å². The van der Waals surface area contributed by atoms with Crippen molar-refractivity contribution >= 4 is 35.0 Å². The molecule has 0 amide bonds. The zero-order chi connectivity index (χ0) is 13.3. The van der Waals surface area contributed by atoms with E-state index in [2.05, 4.69) is 9.97 Å². The average molecular weight is 283 g/mol. The summed E-state index contributed by atoms with van der Waals surface area (Å²) in [5.74, 6) is 0.499. The molecule has 4 nitrogen and oxygen atoms in total. The van der Waals surface area contributed by atoms with Gasteiger partial charge in [0.1, 0.15) is 5.82 Å². The van der Waals surface area contributed by atoms with Crippen LogP contribution in [0.5, 0.6) is 0 Å². The van der Waals surface area contributed by atoms with Crippen LogP contribution in [-0.4, -0.2) is 9.97 Å². The normalized spacial score (nSPS) is 10.6. The number of anilines is 2. The Hall–Kier alpha value is -1.52. The fourth-order valence-corrected chi connectivity index (χ4v) is 2.34. The van der Waals surface area contributed by atoms with Crippen LogP contribution in [0.2, 0.25) is 10.0 Å². The smallest absolute Gasteiger partial charge is 0.222 e. The van der Waals surface area contributed by atoms with Crippen molar-refractivity contribution in [3.05, 3.63) is 33.9 Å². The van der Waals surface area contributed by atoms with Crippen molar-refractivity contribution < 1.29 is 0 Å². The van der Waals surface area contributed by atoms with E-state index in [0.717, 1.165) is 16.8 Å². The number of halogens is 2. The Balaban J connectivity index is 2.69. The maximum Gasteiger partial charge on any atom is 0.222 e. The third kappa shape index (κ3) is 2.49. The van der Waals surface area contributed by atoms with Crippen LogP contribution in [0, 0.1) is 0 Å². The van der Waals surface area contributed by atoms with Crippen molar-refractivity contribution in [1.82, 2.24) is 9.97 Å². The first kappa shape index (κ1) is 12.9. The third-order valence-electron chi connectivity index (χ3n) is 2.52. The highest BCUT2D eigenvalue weighted by Gasteiger charge is 2.13. The van der Waals surface area contributed by atoms with Crippen molar-refractivity contribution in [3.63, 3.8) is 0 Å². The predicted octanol–water partition coefficient (Wildman–Crippen LogP) is 3.18. The lowest BCUT2D eigenvalue weighted by Crippen LogP contribution is -2.06. The van der Waals surface area contributed by atoms with Gasteiger partial charge in [-0.25, -0.2) is 4.98 Å². The quantitative estimate of drug-likeness (QED) is 0.887. The van der Waals surface area contributed by atoms with E-state index in [0.29, 0.717) is 22.3 Å². The van der Waals surface area contributed by atoms with E-state index in [1.54, 1.807) is 18.2 Å². The molecular formula is C12H12Cl2N4. The molecule has 0 saturated carbocycles. The van der Waals surface area contributed by atoms with E-state index < -0.39 is 0 Å². The Kier molecular flexibility index (Phi) is 3.59. The lowest BCUT2D eigenvalue weighted by Gasteiger charge is -2.11. The second-order valence-electron chi connectivity index (χ2n) is 3.80. The number of nitrogens with zero attached hydrogens (tertiary/aromatic N) is 2. The van der Waals surface area contributed by atoms with Crippen molar-refractivity contribution in [2.24, 2.45) is 0 Å². The summed E-state index contributed by atoms with van der Waals surface area (Å²) in [6, 6.07) is 5.21. The zero-order valence-corrected chi connectivity index (χ0v) is 11.3. The molecule has 6 heteroatoms. The molecule has 1 heterocycles. The molecule has 0 atom stereocenters. The highest BCUT2D eigenvalue weighted by Crippen LogP contribution is 2.32. The number of aromatic nitrogens is 2. The van der Waals surface area contributed by atoms with E-state index in [9.17, 15) is 0 Å². The molecule has 0 saturated heterocycles. The molecule has 4 N–H and O–H groups in total. The summed E-state index contributed by atoms with van der Waals surface area (Å²) < 4.78 is 0. The third-order valence-corrected chi connectivity index (χ3v) is 2.95. The van der Waals surface area contributed by atoms with Gasteiger partial charge < -0.3 is 11.5 Å². The Bertz CT molecular complexity index is 579. The first-order chi connectivity index (χ1) is 8.51. The molecule has 1 aromatic heterocycles. The molecule has 2 rings (SSSR count). The molecule has 0 unspecified atom stereocenters. The standard InChI is InChI=1S/C12H12Cl2N4/c1-2-9-10(11(15)18-12(16)17-9)6-3-7(13)5-8(14)4-6/h3-5H,2H2,1H3,(H4,15,16,17,18). The second kappa shape index (κ2) is 5.00. The van der Waals surface area contributed by atoms with E-state index in [1.807, 2.05) is 6.92 Å². The molecule has 0 radical (unpaired) electrons. The van der Waals surface area contributed by atoms with Gasteiger partial charge in [0.15, 0.2) is 0 Å². The monoisotopic (exact) mass is 282 g/mol. The van der Waals surface area contributed by atoms with Crippen LogP contribution in [0.1, 0.15) is 12.6 Å². The van der Waals surface area contributed by atoms with E-state index in [4.69, 9.17) is 34.7 Å². The van der Waals surface area contributed by atoms with E-state index in [1.165, 1.54) is 0 Å². The zero-order valence-electron chi connectivity index (χ0n) is 9.74. The van der Waals surface area contributed by atoms with Crippen LogP contribution >= 0.6 is 23.2 Å². The fourth-order valence-electron chi connectivity index (χ4n) is 1.81. The molecule has 0 aliphatic heterocycles. The Morgan fingerprint density at radius 2 is 1.67 bits per heavy atom. The average Bonchev–Trinajstić information content (AvgIpc) is 2.26. The van der Waals surface area contributed by atoms with Crippen molar-refractivity contribution in [2.45, 2.75) is 13.3 Å². The van der Waals surface area contributed by atoms with Gasteiger partial charge in [-0.3, -0.25) is 0 Å². The summed E-state index contributed by atoms with van der Waals surface area (Å²) in [5.41, 5.74) is 13.8. The molecule has 0 fully saturated rings. The molecule has 2 aromatic rings. The van der Waals surface area contributed by atoms with Gasteiger partial charge in [-0.15, -0.1) is 0 Å². The van der Waals surface area contributed by atoms with Gasteiger partial charge >= 0.3 is 0 Å². The van der Waals surface area contributed by atoms with Crippen molar-refractivity contribution in [1.29, 1.82) is 0 Å². The second-order valence-corrected chi connectivity index (χ2v) is 4.67. The first-order valence-electron chi connectivity index (χ1n) is 5.39. The highest BCUT2D eigenvalue weighted by atomic mass is 35.5. The molecular weight excluding hydrogens is 271 g/mol. The van der Waals surface area contributed by atoms with Crippen molar-refractivity contribution in [3.8, 4) is 11.1 Å². The number of nitrogen functional groups attached to an aromatic ring is 2. The first-order valence-corrected chi connectivity index (χ1v) is 6.15. The summed E-state index contributed by atoms with van der Waals surface area (Å²) in [5, 5.41) is 1.08. The number of rotatable bonds is 2. The molecule has 0 aliphatic rings. The largest absolute Gasteiger partial charge is 0.383 e. The fraction of sp³-hybridized carbons (Fsp3) is 0.167. The number of hydrogen-bond acceptors (Lipinski definition) is 4. The van der Waals surface area contributed by atoms with Crippen LogP contribution in [0.15, 0.2) is 18.2 Å². The Labute approximate surface area is 115 Å². The van der Waals surface area contributed by atoms with Gasteiger partial charge in [0.2, 0.25) is 5.95 Å². The van der Waals surface area contributed by atoms with Crippen LogP contribution in [0.25, 0.3) is 11.1 Å². The summed E-state index contributed by atoms with van der Waals surface area (Å²) in [7, 11) is 0. The number of nitrogens with two attached hydrogens (primary N) is 2. The molecule has 18 heavy (non-hydrogen) atoms. The minimum atomic E-state index is 0.168. The van der Waals surface area contributed by atoms with Gasteiger partial charge in [0, 0.05) is 15.6 Å². The van der Waals surface area contributed by atoms with Crippen LogP contribution < -0.4 is 11.5 Å². The van der Waals surface area contributed by atoms with Crippen LogP contribution in [0.3, 0.4) is 0 Å². The minimum absolute atomic E-state index is 0.168.